The number of hydrogen-bond acceptors (Lipinski definition) is 7. The second kappa shape index (κ2) is 9.08. The highest BCUT2D eigenvalue weighted by Crippen LogP contribution is 2.34. The van der Waals surface area contributed by atoms with Gasteiger partial charge in [0.2, 0.25) is 5.13 Å². The minimum Gasteiger partial charge on any atom is -0.593 e. The predicted molar refractivity (Wildman–Crippen MR) is 114 cm³/mol. The van der Waals surface area contributed by atoms with E-state index < -0.39 is 32.3 Å². The molecular weight excluding hydrogens is 471 g/mol. The lowest BCUT2D eigenvalue weighted by molar-refractivity contribution is 0.0595. The van der Waals surface area contributed by atoms with Crippen molar-refractivity contribution in [2.75, 3.05) is 18.5 Å². The first-order valence-corrected chi connectivity index (χ1v) is 11.2. The fraction of sp³-hybridized carbons (Fsp3) is 0.158. The van der Waals surface area contributed by atoms with Crippen molar-refractivity contribution in [1.29, 1.82) is 0 Å². The summed E-state index contributed by atoms with van der Waals surface area (Å²) in [5.41, 5.74) is -0.0313. The van der Waals surface area contributed by atoms with Crippen molar-refractivity contribution in [3.63, 3.8) is 0 Å². The summed E-state index contributed by atoms with van der Waals surface area (Å²) < 4.78 is 51.9. The molecule has 0 saturated carbocycles. The quantitative estimate of drug-likeness (QED) is 0.372. The number of esters is 1. The molecule has 31 heavy (non-hydrogen) atoms. The van der Waals surface area contributed by atoms with Crippen LogP contribution in [0, 0.1) is 5.82 Å². The van der Waals surface area contributed by atoms with Gasteiger partial charge in [-0.15, -0.1) is 0 Å². The molecular formula is C19H17ClFN2O6S2+. The summed E-state index contributed by atoms with van der Waals surface area (Å²) >= 11 is 6.85. The second-order valence-corrected chi connectivity index (χ2v) is 9.62. The lowest BCUT2D eigenvalue weighted by Crippen LogP contribution is -2.30. The molecule has 12 heteroatoms. The lowest BCUT2D eigenvalue weighted by Gasteiger charge is -2.22. The Kier molecular flexibility index (Phi) is 6.68. The van der Waals surface area contributed by atoms with Crippen molar-refractivity contribution in [3.8, 4) is 11.5 Å². The zero-order valence-corrected chi connectivity index (χ0v) is 18.6. The summed E-state index contributed by atoms with van der Waals surface area (Å²) in [6, 6.07) is 7.46. The molecule has 1 heterocycles. The Morgan fingerprint density at radius 2 is 2.00 bits per heavy atom. The van der Waals surface area contributed by atoms with Crippen LogP contribution in [-0.4, -0.2) is 38.7 Å². The van der Waals surface area contributed by atoms with Crippen molar-refractivity contribution in [2.24, 2.45) is 0 Å². The van der Waals surface area contributed by atoms with Crippen molar-refractivity contribution in [2.45, 2.75) is 11.4 Å². The first-order valence-electron chi connectivity index (χ1n) is 8.58. The van der Waals surface area contributed by atoms with Crippen LogP contribution in [0.3, 0.4) is 0 Å². The Morgan fingerprint density at radius 3 is 2.55 bits per heavy atom. The maximum atomic E-state index is 14.4. The van der Waals surface area contributed by atoms with Gasteiger partial charge in [-0.05, 0) is 30.3 Å². The average Bonchev–Trinajstić information content (AvgIpc) is 3.17. The molecule has 0 radical (unpaired) electrons. The Bertz CT molecular complexity index is 1230. The number of sulfonamides is 1. The van der Waals surface area contributed by atoms with E-state index in [4.69, 9.17) is 21.4 Å². The van der Waals surface area contributed by atoms with Crippen molar-refractivity contribution in [1.82, 2.24) is 4.98 Å². The third-order valence-electron chi connectivity index (χ3n) is 4.24. The second-order valence-electron chi connectivity index (χ2n) is 6.11. The van der Waals surface area contributed by atoms with Crippen LogP contribution in [0.1, 0.15) is 15.9 Å². The first-order chi connectivity index (χ1) is 14.7. The number of thiazole rings is 1. The Balaban J connectivity index is 2.07. The maximum Gasteiger partial charge on any atom is 0.340 e. The molecule has 0 atom stereocenters. The summed E-state index contributed by atoms with van der Waals surface area (Å²) in [6.07, 6.45) is 1.29. The molecule has 0 bridgehead atoms. The van der Waals surface area contributed by atoms with E-state index in [2.05, 4.69) is 9.72 Å². The fourth-order valence-corrected chi connectivity index (χ4v) is 5.17. The van der Waals surface area contributed by atoms with E-state index >= 15 is 0 Å². The summed E-state index contributed by atoms with van der Waals surface area (Å²) in [7, 11) is -1.78. The summed E-state index contributed by atoms with van der Waals surface area (Å²) in [5.74, 6) is -1.48. The number of methoxy groups -OCH3 is 2. The van der Waals surface area contributed by atoms with Crippen LogP contribution in [-0.2, 0) is 21.3 Å². The summed E-state index contributed by atoms with van der Waals surface area (Å²) in [4.78, 5) is 15.2. The molecule has 2 N–H and O–H groups in total. The minimum absolute atomic E-state index is 0.0395. The van der Waals surface area contributed by atoms with Gasteiger partial charge in [-0.3, -0.25) is 0 Å². The fourth-order valence-electron chi connectivity index (χ4n) is 2.65. The normalized spacial score (nSPS) is 11.2. The minimum atomic E-state index is -4.33. The molecule has 0 unspecified atom stereocenters. The molecule has 0 aliphatic carbocycles. The van der Waals surface area contributed by atoms with Crippen molar-refractivity contribution < 1.29 is 32.2 Å². The largest absolute Gasteiger partial charge is 0.593 e. The average molecular weight is 488 g/mol. The highest BCUT2D eigenvalue weighted by Gasteiger charge is 2.30. The smallest absolute Gasteiger partial charge is 0.340 e. The number of nitrogens with zero attached hydrogens (tertiary/aromatic N) is 2. The van der Waals surface area contributed by atoms with Gasteiger partial charge in [0.25, 0.3) is 15.8 Å². The number of carbonyl (C=O) groups is 1. The van der Waals surface area contributed by atoms with E-state index in [0.29, 0.717) is 11.3 Å². The number of carbonyl (C=O) groups excluding carboxylic acids is 1. The van der Waals surface area contributed by atoms with Gasteiger partial charge in [-0.1, -0.05) is 22.9 Å². The molecule has 3 rings (SSSR count). The van der Waals surface area contributed by atoms with E-state index in [1.165, 1.54) is 19.4 Å². The van der Waals surface area contributed by atoms with Gasteiger partial charge in [-0.25, -0.2) is 26.9 Å². The van der Waals surface area contributed by atoms with Gasteiger partial charge in [0, 0.05) is 0 Å². The van der Waals surface area contributed by atoms with E-state index in [-0.39, 0.29) is 21.8 Å². The van der Waals surface area contributed by atoms with Gasteiger partial charge < -0.3 is 14.6 Å². The molecule has 0 aliphatic rings. The summed E-state index contributed by atoms with van der Waals surface area (Å²) in [5, 5.41) is 8.20. The Labute approximate surface area is 186 Å². The molecule has 0 fully saturated rings. The zero-order chi connectivity index (χ0) is 22.8. The molecule has 2 aromatic carbocycles. The van der Waals surface area contributed by atoms with Gasteiger partial charge in [0.1, 0.15) is 15.9 Å². The van der Waals surface area contributed by atoms with Crippen LogP contribution in [0.15, 0.2) is 47.5 Å². The third kappa shape index (κ3) is 4.73. The Morgan fingerprint density at radius 1 is 1.26 bits per heavy atom. The van der Waals surface area contributed by atoms with Crippen LogP contribution in [0.2, 0.25) is 4.34 Å². The molecule has 1 aromatic heterocycles. The zero-order valence-electron chi connectivity index (χ0n) is 16.3. The number of aromatic nitrogens is 1. The molecule has 0 saturated heterocycles. The molecule has 8 nitrogen and oxygen atoms in total. The van der Waals surface area contributed by atoms with Crippen LogP contribution >= 0.6 is 22.9 Å². The van der Waals surface area contributed by atoms with Gasteiger partial charge in [0.15, 0.2) is 0 Å². The topological polar surface area (TPSA) is 109 Å². The van der Waals surface area contributed by atoms with Gasteiger partial charge in [-0.2, -0.15) is 0 Å². The van der Waals surface area contributed by atoms with E-state index in [0.717, 1.165) is 41.0 Å². The molecule has 0 spiro atoms. The molecule has 0 amide bonds. The summed E-state index contributed by atoms with van der Waals surface area (Å²) in [6.45, 7) is -0.255. The standard InChI is InChI=1S/C19H16ClFN2O6S2/c1-28-12-4-3-11(16(24)7-12)10-23(19-22-9-17(20)30-19)31(26,27)13-5-6-14(15(21)8-13)18(25)29-2/h3-9,24H,10H2,1-2H3/p+1. The first kappa shape index (κ1) is 22.8. The molecule has 0 aliphatic heterocycles. The van der Waals surface area contributed by atoms with E-state index in [9.17, 15) is 17.6 Å². The molecule has 3 aromatic rings. The maximum absolute atomic E-state index is 14.4. The van der Waals surface area contributed by atoms with Gasteiger partial charge >= 0.3 is 5.97 Å². The third-order valence-corrected chi connectivity index (χ3v) is 7.23. The predicted octanol–water partition coefficient (Wildman–Crippen LogP) is 3.56. The van der Waals surface area contributed by atoms with Crippen LogP contribution in [0.4, 0.5) is 9.52 Å². The van der Waals surface area contributed by atoms with Crippen molar-refractivity contribution >= 4 is 44.1 Å². The Hall–Kier alpha value is -2.89. The van der Waals surface area contributed by atoms with E-state index in [1.807, 2.05) is 0 Å². The number of benzene rings is 2. The van der Waals surface area contributed by atoms with Crippen LogP contribution < -0.4 is 9.04 Å². The number of halogens is 2. The lowest BCUT2D eigenvalue weighted by atomic mass is 10.2. The highest BCUT2D eigenvalue weighted by atomic mass is 35.5. The number of anilines is 1. The number of ether oxygens (including phenoxy) is 2. The highest BCUT2D eigenvalue weighted by molar-refractivity contribution is 7.93. The monoisotopic (exact) mass is 487 g/mol. The van der Waals surface area contributed by atoms with E-state index in [1.54, 1.807) is 12.1 Å². The van der Waals surface area contributed by atoms with Crippen LogP contribution in [0.25, 0.3) is 0 Å². The number of hydrogen-bond donors (Lipinski definition) is 0. The number of rotatable bonds is 7. The SMILES string of the molecule is COC(=O)c1ccc(S(=O)(=O)N(Cc2ccc(OC)cc2[OH2+])c2ncc(Cl)s2)cc1F. The van der Waals surface area contributed by atoms with Gasteiger partial charge in [0.05, 0.1) is 49.0 Å². The van der Waals surface area contributed by atoms with Crippen LogP contribution in [0.5, 0.6) is 11.5 Å². The van der Waals surface area contributed by atoms with Crippen molar-refractivity contribution in [3.05, 3.63) is 63.9 Å². The molecule has 164 valence electrons.